The molecule has 4 aromatic heterocycles. The monoisotopic (exact) mass is 389 g/mol. The van der Waals surface area contributed by atoms with Gasteiger partial charge in [-0.15, -0.1) is 5.10 Å². The lowest BCUT2D eigenvalue weighted by Gasteiger charge is -1.97. The molecule has 0 unspecified atom stereocenters. The SMILES string of the molecule is Cc1noc(-c2ccn3c(=O)n(Cc4noc(-c5ccccc5C)n4)nc3c2)n1. The molecule has 144 valence electrons. The molecule has 0 bridgehead atoms. The summed E-state index contributed by atoms with van der Waals surface area (Å²) in [6.45, 7) is 3.79. The third-order valence-electron chi connectivity index (χ3n) is 4.49. The second-order valence-electron chi connectivity index (χ2n) is 6.56. The van der Waals surface area contributed by atoms with Crippen LogP contribution in [0.5, 0.6) is 0 Å². The van der Waals surface area contributed by atoms with E-state index in [0.717, 1.165) is 11.1 Å². The maximum atomic E-state index is 12.6. The molecule has 10 heteroatoms. The van der Waals surface area contributed by atoms with E-state index >= 15 is 0 Å². The van der Waals surface area contributed by atoms with Crippen molar-refractivity contribution in [3.8, 4) is 22.9 Å². The molecule has 0 saturated heterocycles. The summed E-state index contributed by atoms with van der Waals surface area (Å²) in [7, 11) is 0. The predicted octanol–water partition coefficient (Wildman–Crippen LogP) is 2.26. The Morgan fingerprint density at radius 2 is 1.83 bits per heavy atom. The fraction of sp³-hybridized carbons (Fsp3) is 0.158. The zero-order valence-corrected chi connectivity index (χ0v) is 15.6. The molecule has 0 saturated carbocycles. The van der Waals surface area contributed by atoms with Gasteiger partial charge < -0.3 is 9.05 Å². The van der Waals surface area contributed by atoms with Crippen molar-refractivity contribution in [2.24, 2.45) is 0 Å². The summed E-state index contributed by atoms with van der Waals surface area (Å²) >= 11 is 0. The van der Waals surface area contributed by atoms with E-state index < -0.39 is 0 Å². The number of aryl methyl sites for hydroxylation is 2. The summed E-state index contributed by atoms with van der Waals surface area (Å²) in [4.78, 5) is 21.2. The van der Waals surface area contributed by atoms with Crippen LogP contribution in [0, 0.1) is 13.8 Å². The van der Waals surface area contributed by atoms with Gasteiger partial charge in [-0.3, -0.25) is 4.40 Å². The number of pyridine rings is 1. The van der Waals surface area contributed by atoms with Gasteiger partial charge in [0.15, 0.2) is 17.3 Å². The number of fused-ring (bicyclic) bond motifs is 1. The van der Waals surface area contributed by atoms with Gasteiger partial charge in [0.2, 0.25) is 0 Å². The standard InChI is InChI=1S/C19H15N7O3/c1-11-5-3-4-6-14(11)18-21-15(24-29-18)10-26-19(27)25-8-7-13(9-16(25)22-26)17-20-12(2)23-28-17/h3-9H,10H2,1-2H3. The molecule has 0 fully saturated rings. The average Bonchev–Trinajstić information content (AvgIpc) is 3.43. The molecule has 10 nitrogen and oxygen atoms in total. The van der Waals surface area contributed by atoms with Crippen LogP contribution in [0.1, 0.15) is 17.2 Å². The Bertz CT molecular complexity index is 1390. The molecule has 0 amide bonds. The van der Waals surface area contributed by atoms with Gasteiger partial charge in [-0.05, 0) is 37.6 Å². The molecule has 0 aliphatic carbocycles. The zero-order valence-electron chi connectivity index (χ0n) is 15.6. The number of rotatable bonds is 4. The molecular weight excluding hydrogens is 374 g/mol. The number of hydrogen-bond donors (Lipinski definition) is 0. The van der Waals surface area contributed by atoms with Crippen molar-refractivity contribution in [2.75, 3.05) is 0 Å². The number of benzene rings is 1. The Kier molecular flexibility index (Phi) is 3.83. The molecule has 5 aromatic rings. The van der Waals surface area contributed by atoms with Crippen molar-refractivity contribution in [3.63, 3.8) is 0 Å². The first-order chi connectivity index (χ1) is 14.1. The van der Waals surface area contributed by atoms with Gasteiger partial charge in [0.05, 0.1) is 0 Å². The van der Waals surface area contributed by atoms with Crippen LogP contribution in [0.25, 0.3) is 28.6 Å². The van der Waals surface area contributed by atoms with Gasteiger partial charge in [0, 0.05) is 17.3 Å². The molecule has 0 N–H and O–H groups in total. The van der Waals surface area contributed by atoms with E-state index in [0.29, 0.717) is 34.6 Å². The minimum atomic E-state index is -0.310. The highest BCUT2D eigenvalue weighted by molar-refractivity contribution is 5.59. The van der Waals surface area contributed by atoms with E-state index in [2.05, 4.69) is 25.4 Å². The van der Waals surface area contributed by atoms with E-state index in [1.54, 1.807) is 25.3 Å². The molecule has 0 radical (unpaired) electrons. The van der Waals surface area contributed by atoms with E-state index in [1.165, 1.54) is 9.08 Å². The van der Waals surface area contributed by atoms with Gasteiger partial charge >= 0.3 is 5.69 Å². The van der Waals surface area contributed by atoms with E-state index in [1.807, 2.05) is 31.2 Å². The van der Waals surface area contributed by atoms with E-state index in [9.17, 15) is 4.79 Å². The van der Waals surface area contributed by atoms with Crippen molar-refractivity contribution in [2.45, 2.75) is 20.4 Å². The quantitative estimate of drug-likeness (QED) is 0.459. The first-order valence-electron chi connectivity index (χ1n) is 8.87. The normalized spacial score (nSPS) is 11.4. The molecular formula is C19H15N7O3. The number of hydrogen-bond acceptors (Lipinski definition) is 8. The Morgan fingerprint density at radius 1 is 1.00 bits per heavy atom. The lowest BCUT2D eigenvalue weighted by molar-refractivity contribution is 0.418. The van der Waals surface area contributed by atoms with Gasteiger partial charge in [0.1, 0.15) is 6.54 Å². The van der Waals surface area contributed by atoms with Crippen LogP contribution in [0.2, 0.25) is 0 Å². The summed E-state index contributed by atoms with van der Waals surface area (Å²) in [5.74, 6) is 1.67. The second kappa shape index (κ2) is 6.51. The average molecular weight is 389 g/mol. The summed E-state index contributed by atoms with van der Waals surface area (Å²) < 4.78 is 13.2. The predicted molar refractivity (Wildman–Crippen MR) is 101 cm³/mol. The van der Waals surface area contributed by atoms with Crippen molar-refractivity contribution >= 4 is 5.65 Å². The Labute approximate surface area is 163 Å². The molecule has 5 rings (SSSR count). The van der Waals surface area contributed by atoms with Crippen LogP contribution in [0.4, 0.5) is 0 Å². The van der Waals surface area contributed by atoms with Crippen molar-refractivity contribution in [3.05, 3.63) is 70.3 Å². The topological polar surface area (TPSA) is 117 Å². The van der Waals surface area contributed by atoms with Crippen molar-refractivity contribution < 1.29 is 9.05 Å². The van der Waals surface area contributed by atoms with Gasteiger partial charge in [0.25, 0.3) is 11.8 Å². The Hall–Kier alpha value is -4.08. The molecule has 0 spiro atoms. The Balaban J connectivity index is 1.47. The lowest BCUT2D eigenvalue weighted by atomic mass is 10.1. The van der Waals surface area contributed by atoms with Gasteiger partial charge in [-0.25, -0.2) is 9.48 Å². The van der Waals surface area contributed by atoms with Crippen molar-refractivity contribution in [1.29, 1.82) is 0 Å². The Morgan fingerprint density at radius 3 is 2.62 bits per heavy atom. The van der Waals surface area contributed by atoms with Crippen LogP contribution in [-0.4, -0.2) is 34.5 Å². The summed E-state index contributed by atoms with van der Waals surface area (Å²) in [6, 6.07) is 11.1. The van der Waals surface area contributed by atoms with Gasteiger partial charge in [-0.1, -0.05) is 28.5 Å². The number of aromatic nitrogens is 7. The summed E-state index contributed by atoms with van der Waals surface area (Å²) in [6.07, 6.45) is 1.62. The minimum absolute atomic E-state index is 0.0882. The molecule has 4 heterocycles. The van der Waals surface area contributed by atoms with E-state index in [-0.39, 0.29) is 12.2 Å². The second-order valence-corrected chi connectivity index (χ2v) is 6.56. The highest BCUT2D eigenvalue weighted by Crippen LogP contribution is 2.21. The first kappa shape index (κ1) is 17.0. The molecule has 29 heavy (non-hydrogen) atoms. The highest BCUT2D eigenvalue weighted by Gasteiger charge is 2.15. The van der Waals surface area contributed by atoms with Crippen LogP contribution in [0.15, 0.2) is 56.4 Å². The summed E-state index contributed by atoms with van der Waals surface area (Å²) in [5, 5.41) is 12.1. The molecule has 0 aliphatic heterocycles. The maximum absolute atomic E-state index is 12.6. The molecule has 1 aromatic carbocycles. The van der Waals surface area contributed by atoms with Crippen LogP contribution >= 0.6 is 0 Å². The van der Waals surface area contributed by atoms with E-state index in [4.69, 9.17) is 9.05 Å². The smallest absolute Gasteiger partial charge is 0.334 e. The zero-order chi connectivity index (χ0) is 20.0. The fourth-order valence-electron chi connectivity index (χ4n) is 3.04. The largest absolute Gasteiger partial charge is 0.350 e. The van der Waals surface area contributed by atoms with Crippen LogP contribution < -0.4 is 5.69 Å². The fourth-order valence-corrected chi connectivity index (χ4v) is 3.04. The lowest BCUT2D eigenvalue weighted by Crippen LogP contribution is -2.22. The highest BCUT2D eigenvalue weighted by atomic mass is 16.5. The molecule has 0 atom stereocenters. The third kappa shape index (κ3) is 3.00. The molecule has 0 aliphatic rings. The summed E-state index contributed by atoms with van der Waals surface area (Å²) in [5.41, 5.74) is 2.70. The minimum Gasteiger partial charge on any atom is -0.334 e. The van der Waals surface area contributed by atoms with Crippen molar-refractivity contribution in [1.82, 2.24) is 34.5 Å². The van der Waals surface area contributed by atoms with Gasteiger partial charge in [-0.2, -0.15) is 9.97 Å². The first-order valence-corrected chi connectivity index (χ1v) is 8.87. The van der Waals surface area contributed by atoms with Crippen LogP contribution in [0.3, 0.4) is 0 Å². The van der Waals surface area contributed by atoms with Crippen LogP contribution in [-0.2, 0) is 6.54 Å². The number of nitrogens with zero attached hydrogens (tertiary/aromatic N) is 7. The third-order valence-corrected chi connectivity index (χ3v) is 4.49. The maximum Gasteiger partial charge on any atom is 0.350 e.